The predicted molar refractivity (Wildman–Crippen MR) is 76.3 cm³/mol. The van der Waals surface area contributed by atoms with Crippen molar-refractivity contribution in [2.45, 2.75) is 53.4 Å². The van der Waals surface area contributed by atoms with Crippen LogP contribution >= 0.6 is 0 Å². The second-order valence-electron chi connectivity index (χ2n) is 6.36. The van der Waals surface area contributed by atoms with Gasteiger partial charge in [-0.15, -0.1) is 0 Å². The van der Waals surface area contributed by atoms with E-state index >= 15 is 0 Å². The van der Waals surface area contributed by atoms with E-state index in [0.29, 0.717) is 12.3 Å². The van der Waals surface area contributed by atoms with Crippen LogP contribution in [0, 0.1) is 17.8 Å². The van der Waals surface area contributed by atoms with Crippen molar-refractivity contribution in [3.05, 3.63) is 11.3 Å². The number of allylic oxidation sites excluding steroid dienone is 2. The predicted octanol–water partition coefficient (Wildman–Crippen LogP) is 3.01. The number of carbonyl (C=O) groups excluding carboxylic acids is 3. The minimum atomic E-state index is -0.799. The van der Waals surface area contributed by atoms with Crippen molar-refractivity contribution in [2.24, 2.45) is 17.8 Å². The molecular weight excluding hydrogens is 256 g/mol. The van der Waals surface area contributed by atoms with Gasteiger partial charge in [0.05, 0.1) is 11.5 Å². The Bertz CT molecular complexity index is 443. The highest BCUT2D eigenvalue weighted by atomic mass is 16.3. The normalized spacial score (nSPS) is 19.3. The highest BCUT2D eigenvalue weighted by Crippen LogP contribution is 2.31. The van der Waals surface area contributed by atoms with E-state index in [9.17, 15) is 19.5 Å². The zero-order chi connectivity index (χ0) is 15.4. The van der Waals surface area contributed by atoms with Crippen LogP contribution in [0.5, 0.6) is 0 Å². The van der Waals surface area contributed by atoms with Crippen LogP contribution in [0.2, 0.25) is 0 Å². The zero-order valence-electron chi connectivity index (χ0n) is 12.7. The van der Waals surface area contributed by atoms with Gasteiger partial charge in [0.2, 0.25) is 0 Å². The number of rotatable bonds is 7. The van der Waals surface area contributed by atoms with Crippen LogP contribution in [0.4, 0.5) is 0 Å². The van der Waals surface area contributed by atoms with Gasteiger partial charge in [-0.05, 0) is 18.3 Å². The molecule has 0 saturated carbocycles. The minimum Gasteiger partial charge on any atom is -0.511 e. The standard InChI is InChI=1S/C16H24O4/c1-9(2)5-6-12(17)11-8-14(19)15(16(11)20)13(18)7-10(3)4/h9-11,20H,5-8H2,1-4H3. The third kappa shape index (κ3) is 4.02. The molecule has 0 radical (unpaired) electrons. The maximum Gasteiger partial charge on any atom is 0.171 e. The quantitative estimate of drug-likeness (QED) is 0.728. The first-order valence-electron chi connectivity index (χ1n) is 7.26. The number of carbonyl (C=O) groups is 3. The van der Waals surface area contributed by atoms with Gasteiger partial charge < -0.3 is 5.11 Å². The molecule has 0 aromatic heterocycles. The summed E-state index contributed by atoms with van der Waals surface area (Å²) in [5.41, 5.74) is -0.137. The van der Waals surface area contributed by atoms with E-state index in [1.165, 1.54) is 0 Å². The van der Waals surface area contributed by atoms with Gasteiger partial charge in [-0.25, -0.2) is 0 Å². The summed E-state index contributed by atoms with van der Waals surface area (Å²) in [5, 5.41) is 10.1. The van der Waals surface area contributed by atoms with Crippen molar-refractivity contribution in [3.63, 3.8) is 0 Å². The summed E-state index contributed by atoms with van der Waals surface area (Å²) in [6.07, 6.45) is 1.23. The Hall–Kier alpha value is -1.45. The average Bonchev–Trinajstić information content (AvgIpc) is 2.60. The lowest BCUT2D eigenvalue weighted by Crippen LogP contribution is -2.15. The monoisotopic (exact) mass is 280 g/mol. The maximum absolute atomic E-state index is 12.0. The zero-order valence-corrected chi connectivity index (χ0v) is 12.7. The number of Topliss-reactive ketones (excluding diaryl/α,β-unsaturated/α-hetero) is 3. The molecule has 1 unspecified atom stereocenters. The molecule has 0 aliphatic heterocycles. The summed E-state index contributed by atoms with van der Waals surface area (Å²) >= 11 is 0. The highest BCUT2D eigenvalue weighted by molar-refractivity contribution is 6.23. The SMILES string of the molecule is CC(C)CCC(=O)C1CC(=O)C(C(=O)CC(C)C)=C1O. The van der Waals surface area contributed by atoms with Crippen molar-refractivity contribution in [1.29, 1.82) is 0 Å². The molecule has 0 spiro atoms. The molecule has 0 aromatic rings. The van der Waals surface area contributed by atoms with Crippen LogP contribution in [0.15, 0.2) is 11.3 Å². The number of hydrogen-bond donors (Lipinski definition) is 1. The van der Waals surface area contributed by atoms with Gasteiger partial charge in [-0.3, -0.25) is 14.4 Å². The van der Waals surface area contributed by atoms with E-state index in [0.717, 1.165) is 6.42 Å². The van der Waals surface area contributed by atoms with Gasteiger partial charge in [0.1, 0.15) is 11.5 Å². The van der Waals surface area contributed by atoms with Crippen molar-refractivity contribution < 1.29 is 19.5 Å². The Kier molecular flexibility index (Phi) is 5.66. The summed E-state index contributed by atoms with van der Waals surface area (Å²) < 4.78 is 0. The molecule has 4 nitrogen and oxygen atoms in total. The summed E-state index contributed by atoms with van der Waals surface area (Å²) in [6, 6.07) is 0. The van der Waals surface area contributed by atoms with Gasteiger partial charge in [-0.2, -0.15) is 0 Å². The van der Waals surface area contributed by atoms with E-state index in [1.54, 1.807) is 0 Å². The smallest absolute Gasteiger partial charge is 0.171 e. The van der Waals surface area contributed by atoms with E-state index in [2.05, 4.69) is 0 Å². The Morgan fingerprint density at radius 3 is 2.30 bits per heavy atom. The molecule has 0 heterocycles. The molecule has 4 heteroatoms. The maximum atomic E-state index is 12.0. The summed E-state index contributed by atoms with van der Waals surface area (Å²) in [6.45, 7) is 7.78. The van der Waals surface area contributed by atoms with Gasteiger partial charge >= 0.3 is 0 Å². The van der Waals surface area contributed by atoms with Crippen molar-refractivity contribution >= 4 is 17.3 Å². The molecule has 0 amide bonds. The van der Waals surface area contributed by atoms with E-state index in [-0.39, 0.29) is 41.7 Å². The highest BCUT2D eigenvalue weighted by Gasteiger charge is 2.39. The van der Waals surface area contributed by atoms with Crippen molar-refractivity contribution in [1.82, 2.24) is 0 Å². The molecule has 0 saturated heterocycles. The summed E-state index contributed by atoms with van der Waals surface area (Å²) in [5.74, 6) is -1.47. The second-order valence-corrected chi connectivity index (χ2v) is 6.36. The number of aliphatic hydroxyl groups is 1. The Labute approximate surface area is 120 Å². The van der Waals surface area contributed by atoms with Gasteiger partial charge in [0.25, 0.3) is 0 Å². The Morgan fingerprint density at radius 1 is 1.20 bits per heavy atom. The molecule has 1 aliphatic carbocycles. The molecule has 1 atom stereocenters. The molecule has 0 bridgehead atoms. The molecule has 20 heavy (non-hydrogen) atoms. The fourth-order valence-corrected chi connectivity index (χ4v) is 2.34. The Morgan fingerprint density at radius 2 is 1.80 bits per heavy atom. The van der Waals surface area contributed by atoms with Crippen LogP contribution in [-0.2, 0) is 14.4 Å². The molecule has 1 aliphatic rings. The lowest BCUT2D eigenvalue weighted by atomic mass is 9.95. The molecule has 1 rings (SSSR count). The molecular formula is C16H24O4. The fourth-order valence-electron chi connectivity index (χ4n) is 2.34. The van der Waals surface area contributed by atoms with Crippen molar-refractivity contribution in [2.75, 3.05) is 0 Å². The van der Waals surface area contributed by atoms with Crippen LogP contribution in [0.1, 0.15) is 53.4 Å². The number of aliphatic hydroxyl groups excluding tert-OH is 1. The van der Waals surface area contributed by atoms with Crippen molar-refractivity contribution in [3.8, 4) is 0 Å². The molecule has 112 valence electrons. The lowest BCUT2D eigenvalue weighted by molar-refractivity contribution is -0.126. The lowest BCUT2D eigenvalue weighted by Gasteiger charge is -2.10. The molecule has 0 fully saturated rings. The first-order chi connectivity index (χ1) is 9.23. The van der Waals surface area contributed by atoms with Gasteiger partial charge in [0, 0.05) is 19.3 Å². The van der Waals surface area contributed by atoms with E-state index < -0.39 is 11.7 Å². The van der Waals surface area contributed by atoms with Gasteiger partial charge in [0.15, 0.2) is 11.6 Å². The minimum absolute atomic E-state index is 0.0536. The summed E-state index contributed by atoms with van der Waals surface area (Å²) in [7, 11) is 0. The van der Waals surface area contributed by atoms with E-state index in [1.807, 2.05) is 27.7 Å². The topological polar surface area (TPSA) is 71.4 Å². The van der Waals surface area contributed by atoms with Crippen LogP contribution in [-0.4, -0.2) is 22.5 Å². The average molecular weight is 280 g/mol. The van der Waals surface area contributed by atoms with Crippen LogP contribution in [0.25, 0.3) is 0 Å². The van der Waals surface area contributed by atoms with E-state index in [4.69, 9.17) is 0 Å². The Balaban J connectivity index is 2.83. The third-order valence-corrected chi connectivity index (χ3v) is 3.48. The number of hydrogen-bond acceptors (Lipinski definition) is 4. The van der Waals surface area contributed by atoms with Gasteiger partial charge in [-0.1, -0.05) is 27.7 Å². The molecule has 0 aromatic carbocycles. The second kappa shape index (κ2) is 6.82. The van der Waals surface area contributed by atoms with Crippen LogP contribution < -0.4 is 0 Å². The first kappa shape index (κ1) is 16.6. The molecule has 1 N–H and O–H groups in total. The first-order valence-corrected chi connectivity index (χ1v) is 7.26. The third-order valence-electron chi connectivity index (χ3n) is 3.48. The number of ketones is 3. The van der Waals surface area contributed by atoms with Crippen LogP contribution in [0.3, 0.4) is 0 Å². The fraction of sp³-hybridized carbons (Fsp3) is 0.688. The summed E-state index contributed by atoms with van der Waals surface area (Å²) in [4.78, 5) is 35.9. The largest absolute Gasteiger partial charge is 0.511 e.